The van der Waals surface area contributed by atoms with Crippen LogP contribution in [0.2, 0.25) is 0 Å². The number of nitrogens with one attached hydrogen (secondary N) is 2. The first kappa shape index (κ1) is 12.4. The van der Waals surface area contributed by atoms with Crippen LogP contribution in [0.1, 0.15) is 13.3 Å². The summed E-state index contributed by atoms with van der Waals surface area (Å²) >= 11 is 0. The van der Waals surface area contributed by atoms with Gasteiger partial charge in [0.2, 0.25) is 0 Å². The highest BCUT2D eigenvalue weighted by Gasteiger charge is 2.08. The number of hydrogen-bond acceptors (Lipinski definition) is 5. The Balaban J connectivity index is 2.41. The molecule has 96 valence electrons. The number of fused-ring (bicyclic) bond motifs is 1. The van der Waals surface area contributed by atoms with Crippen molar-refractivity contribution >= 4 is 22.3 Å². The molecule has 18 heavy (non-hydrogen) atoms. The lowest BCUT2D eigenvalue weighted by Gasteiger charge is -2.16. The maximum absolute atomic E-state index is 11.6. The van der Waals surface area contributed by atoms with Crippen LogP contribution in [0.5, 0.6) is 0 Å². The van der Waals surface area contributed by atoms with E-state index >= 15 is 0 Å². The van der Waals surface area contributed by atoms with Gasteiger partial charge < -0.3 is 21.1 Å². The normalized spacial score (nSPS) is 12.6. The van der Waals surface area contributed by atoms with Crippen molar-refractivity contribution in [3.63, 3.8) is 0 Å². The maximum atomic E-state index is 11.6. The van der Waals surface area contributed by atoms with Gasteiger partial charge in [0.05, 0.1) is 28.6 Å². The molecule has 1 aromatic carbocycles. The molecule has 0 radical (unpaired) electrons. The third-order valence-electron chi connectivity index (χ3n) is 2.78. The van der Waals surface area contributed by atoms with E-state index in [9.17, 15) is 4.79 Å². The second-order valence-electron chi connectivity index (χ2n) is 4.25. The molecule has 0 amide bonds. The molecular weight excluding hydrogens is 232 g/mol. The van der Waals surface area contributed by atoms with Gasteiger partial charge in [-0.15, -0.1) is 0 Å². The number of nitrogen functional groups attached to an aromatic ring is 1. The number of hydrogen-bond donors (Lipinski definition) is 4. The van der Waals surface area contributed by atoms with E-state index in [1.807, 2.05) is 6.92 Å². The number of aliphatic hydroxyl groups excluding tert-OH is 1. The van der Waals surface area contributed by atoms with Gasteiger partial charge in [0.15, 0.2) is 0 Å². The van der Waals surface area contributed by atoms with Crippen molar-refractivity contribution in [2.45, 2.75) is 19.4 Å². The average Bonchev–Trinajstić information content (AvgIpc) is 2.32. The maximum Gasteiger partial charge on any atom is 0.258 e. The minimum Gasteiger partial charge on any atom is -0.397 e. The van der Waals surface area contributed by atoms with Crippen LogP contribution in [0.25, 0.3) is 10.9 Å². The molecule has 0 aliphatic heterocycles. The van der Waals surface area contributed by atoms with Crippen LogP contribution in [0.4, 0.5) is 11.4 Å². The van der Waals surface area contributed by atoms with Crippen molar-refractivity contribution in [3.8, 4) is 0 Å². The Morgan fingerprint density at radius 2 is 2.33 bits per heavy atom. The van der Waals surface area contributed by atoms with Crippen molar-refractivity contribution in [1.82, 2.24) is 9.97 Å². The van der Waals surface area contributed by atoms with Gasteiger partial charge in [-0.2, -0.15) is 0 Å². The minimum absolute atomic E-state index is 0.0942. The van der Waals surface area contributed by atoms with Gasteiger partial charge in [-0.3, -0.25) is 4.79 Å². The smallest absolute Gasteiger partial charge is 0.258 e. The molecule has 5 N–H and O–H groups in total. The van der Waals surface area contributed by atoms with Gasteiger partial charge >= 0.3 is 0 Å². The Labute approximate surface area is 104 Å². The van der Waals surface area contributed by atoms with Crippen LogP contribution in [0, 0.1) is 0 Å². The zero-order chi connectivity index (χ0) is 13.1. The first-order valence-corrected chi connectivity index (χ1v) is 5.76. The number of nitrogens with zero attached hydrogens (tertiary/aromatic N) is 1. The lowest BCUT2D eigenvalue weighted by Crippen LogP contribution is -2.18. The van der Waals surface area contributed by atoms with Crippen LogP contribution in [-0.2, 0) is 0 Å². The fraction of sp³-hybridized carbons (Fsp3) is 0.333. The fourth-order valence-electron chi connectivity index (χ4n) is 1.79. The summed E-state index contributed by atoms with van der Waals surface area (Å²) in [4.78, 5) is 18.2. The number of H-pyrrole nitrogens is 1. The SMILES string of the molecule is CC(CCO)Nc1cc2nc[nH]c(=O)c2cc1N. The highest BCUT2D eigenvalue weighted by molar-refractivity contribution is 5.88. The number of nitrogens with two attached hydrogens (primary N) is 1. The van der Waals surface area contributed by atoms with E-state index in [-0.39, 0.29) is 18.2 Å². The van der Waals surface area contributed by atoms with Gasteiger partial charge in [0, 0.05) is 12.6 Å². The first-order chi connectivity index (χ1) is 8.61. The number of anilines is 2. The predicted octanol–water partition coefficient (Wildman–Crippen LogP) is 0.688. The molecule has 0 fully saturated rings. The Bertz CT molecular complexity index is 609. The van der Waals surface area contributed by atoms with E-state index in [1.165, 1.54) is 6.33 Å². The summed E-state index contributed by atoms with van der Waals surface area (Å²) < 4.78 is 0. The Hall–Kier alpha value is -2.08. The van der Waals surface area contributed by atoms with Crippen molar-refractivity contribution in [2.24, 2.45) is 0 Å². The quantitative estimate of drug-likeness (QED) is 0.596. The van der Waals surface area contributed by atoms with E-state index in [2.05, 4.69) is 15.3 Å². The molecular formula is C12H16N4O2. The van der Waals surface area contributed by atoms with Crippen molar-refractivity contribution < 1.29 is 5.11 Å². The molecule has 0 bridgehead atoms. The first-order valence-electron chi connectivity index (χ1n) is 5.76. The summed E-state index contributed by atoms with van der Waals surface area (Å²) in [5, 5.41) is 12.5. The van der Waals surface area contributed by atoms with E-state index < -0.39 is 0 Å². The molecule has 0 saturated carbocycles. The lowest BCUT2D eigenvalue weighted by atomic mass is 10.1. The molecule has 0 spiro atoms. The second kappa shape index (κ2) is 5.05. The van der Waals surface area contributed by atoms with E-state index in [1.54, 1.807) is 12.1 Å². The number of aromatic amines is 1. The number of aromatic nitrogens is 2. The largest absolute Gasteiger partial charge is 0.397 e. The molecule has 1 heterocycles. The van der Waals surface area contributed by atoms with E-state index in [0.717, 1.165) is 5.69 Å². The van der Waals surface area contributed by atoms with Gasteiger partial charge in [-0.1, -0.05) is 0 Å². The predicted molar refractivity (Wildman–Crippen MR) is 71.6 cm³/mol. The van der Waals surface area contributed by atoms with Crippen LogP contribution < -0.4 is 16.6 Å². The Morgan fingerprint density at radius 3 is 3.06 bits per heavy atom. The van der Waals surface area contributed by atoms with Crippen LogP contribution in [-0.4, -0.2) is 27.7 Å². The average molecular weight is 248 g/mol. The molecule has 0 saturated heterocycles. The third-order valence-corrected chi connectivity index (χ3v) is 2.78. The number of aliphatic hydroxyl groups is 1. The van der Waals surface area contributed by atoms with E-state index in [0.29, 0.717) is 23.0 Å². The molecule has 1 unspecified atom stereocenters. The summed E-state index contributed by atoms with van der Waals surface area (Å²) in [5.41, 5.74) is 7.49. The van der Waals surface area contributed by atoms with Gasteiger partial charge in [0.1, 0.15) is 0 Å². The van der Waals surface area contributed by atoms with Crippen LogP contribution in [0.15, 0.2) is 23.3 Å². The number of rotatable bonds is 4. The molecule has 0 aliphatic rings. The Morgan fingerprint density at radius 1 is 1.56 bits per heavy atom. The van der Waals surface area contributed by atoms with Gasteiger partial charge in [-0.05, 0) is 25.5 Å². The summed E-state index contributed by atoms with van der Waals surface area (Å²) in [6, 6.07) is 3.44. The zero-order valence-corrected chi connectivity index (χ0v) is 10.1. The molecule has 2 aromatic rings. The van der Waals surface area contributed by atoms with Crippen LogP contribution >= 0.6 is 0 Å². The molecule has 2 rings (SSSR count). The summed E-state index contributed by atoms with van der Waals surface area (Å²) in [7, 11) is 0. The molecule has 6 heteroatoms. The van der Waals surface area contributed by atoms with Crippen LogP contribution in [0.3, 0.4) is 0 Å². The van der Waals surface area contributed by atoms with Gasteiger partial charge in [-0.25, -0.2) is 4.98 Å². The second-order valence-corrected chi connectivity index (χ2v) is 4.25. The van der Waals surface area contributed by atoms with Gasteiger partial charge in [0.25, 0.3) is 5.56 Å². The molecule has 1 atom stereocenters. The summed E-state index contributed by atoms with van der Waals surface area (Å²) in [5.74, 6) is 0. The standard InChI is InChI=1S/C12H16N4O2/c1-7(2-3-17)16-11-5-10-8(4-9(11)13)12(18)15-6-14-10/h4-7,16-17H,2-3,13H2,1H3,(H,14,15,18). The monoisotopic (exact) mass is 248 g/mol. The van der Waals surface area contributed by atoms with Crippen molar-refractivity contribution in [2.75, 3.05) is 17.7 Å². The van der Waals surface area contributed by atoms with E-state index in [4.69, 9.17) is 10.8 Å². The molecule has 6 nitrogen and oxygen atoms in total. The topological polar surface area (TPSA) is 104 Å². The molecule has 1 aromatic heterocycles. The zero-order valence-electron chi connectivity index (χ0n) is 10.1. The highest BCUT2D eigenvalue weighted by atomic mass is 16.3. The number of benzene rings is 1. The fourth-order valence-corrected chi connectivity index (χ4v) is 1.79. The Kier molecular flexibility index (Phi) is 3.47. The minimum atomic E-state index is -0.207. The third kappa shape index (κ3) is 2.43. The molecule has 0 aliphatic carbocycles. The summed E-state index contributed by atoms with van der Waals surface area (Å²) in [6.07, 6.45) is 1.99. The highest BCUT2D eigenvalue weighted by Crippen LogP contribution is 2.23. The van der Waals surface area contributed by atoms with Crippen molar-refractivity contribution in [1.29, 1.82) is 0 Å². The lowest BCUT2D eigenvalue weighted by molar-refractivity contribution is 0.282. The summed E-state index contributed by atoms with van der Waals surface area (Å²) in [6.45, 7) is 2.06. The van der Waals surface area contributed by atoms with Crippen molar-refractivity contribution in [3.05, 3.63) is 28.8 Å².